The highest BCUT2D eigenvalue weighted by Crippen LogP contribution is 2.25. The first kappa shape index (κ1) is 17.2. The summed E-state index contributed by atoms with van der Waals surface area (Å²) < 4.78 is 31.5. The quantitative estimate of drug-likeness (QED) is 0.756. The largest absolute Gasteiger partial charge is 0.491 e. The maximum absolute atomic E-state index is 13.5. The molecule has 0 saturated heterocycles. The summed E-state index contributed by atoms with van der Waals surface area (Å²) >= 11 is 0. The average Bonchev–Trinajstić information content (AvgIpc) is 2.36. The third kappa shape index (κ3) is 5.18. The lowest BCUT2D eigenvalue weighted by Gasteiger charge is -2.18. The molecule has 1 rings (SSSR count). The van der Waals surface area contributed by atoms with Crippen LogP contribution in [0.15, 0.2) is 12.1 Å². The van der Waals surface area contributed by atoms with Crippen molar-refractivity contribution in [1.29, 1.82) is 0 Å². The smallest absolute Gasteiger partial charge is 0.319 e. The molecule has 3 N–H and O–H groups in total. The summed E-state index contributed by atoms with van der Waals surface area (Å²) in [5.41, 5.74) is -0.0375. The molecule has 0 unspecified atom stereocenters. The fraction of sp³-hybridized carbons (Fsp3) is 0.500. The highest BCUT2D eigenvalue weighted by atomic mass is 19.1. The third-order valence-corrected chi connectivity index (χ3v) is 2.77. The maximum atomic E-state index is 13.5. The third-order valence-electron chi connectivity index (χ3n) is 2.77. The molecule has 21 heavy (non-hydrogen) atoms. The van der Waals surface area contributed by atoms with Gasteiger partial charge in [0.05, 0.1) is 19.8 Å². The van der Waals surface area contributed by atoms with Crippen LogP contribution in [0.5, 0.6) is 5.75 Å². The van der Waals surface area contributed by atoms with Crippen molar-refractivity contribution in [3.8, 4) is 5.75 Å². The van der Waals surface area contributed by atoms with Gasteiger partial charge in [-0.25, -0.2) is 13.6 Å². The first-order valence-electron chi connectivity index (χ1n) is 6.58. The minimum absolute atomic E-state index is 0.0375. The number of benzene rings is 1. The Bertz CT molecular complexity index is 472. The highest BCUT2D eigenvalue weighted by Gasteiger charge is 2.15. The van der Waals surface area contributed by atoms with Crippen molar-refractivity contribution in [3.63, 3.8) is 0 Å². The minimum Gasteiger partial charge on any atom is -0.491 e. The molecule has 1 aromatic carbocycles. The molecule has 1 atom stereocenters. The summed E-state index contributed by atoms with van der Waals surface area (Å²) in [6.07, 6.45) is 0.593. The van der Waals surface area contributed by atoms with E-state index in [2.05, 4.69) is 15.4 Å². The highest BCUT2D eigenvalue weighted by molar-refractivity contribution is 5.89. The van der Waals surface area contributed by atoms with Crippen LogP contribution in [0.4, 0.5) is 19.3 Å². The number of carbonyl (C=O) groups excluding carboxylic acids is 1. The molecule has 0 bridgehead atoms. The van der Waals surface area contributed by atoms with E-state index < -0.39 is 29.5 Å². The van der Waals surface area contributed by atoms with Gasteiger partial charge in [-0.15, -0.1) is 0 Å². The molecule has 0 spiro atoms. The topological polar surface area (TPSA) is 70.6 Å². The van der Waals surface area contributed by atoms with Crippen molar-refractivity contribution in [2.45, 2.75) is 26.3 Å². The number of aliphatic hydroxyl groups is 1. The van der Waals surface area contributed by atoms with Crippen molar-refractivity contribution < 1.29 is 23.4 Å². The number of urea groups is 1. The van der Waals surface area contributed by atoms with Crippen LogP contribution in [-0.4, -0.2) is 30.9 Å². The van der Waals surface area contributed by atoms with Crippen LogP contribution in [0, 0.1) is 17.6 Å². The Kier molecular flexibility index (Phi) is 6.36. The Morgan fingerprint density at radius 2 is 1.90 bits per heavy atom. The van der Waals surface area contributed by atoms with E-state index in [1.165, 1.54) is 0 Å². The molecule has 7 heteroatoms. The van der Waals surface area contributed by atoms with Crippen molar-refractivity contribution in [2.75, 3.05) is 19.0 Å². The Morgan fingerprint density at radius 3 is 2.33 bits per heavy atom. The predicted molar refractivity (Wildman–Crippen MR) is 75.4 cm³/mol. The SMILES string of the molecule is COc1c(F)cc(NC(=O)N[C@H](CO)CC(C)C)cc1F. The van der Waals surface area contributed by atoms with Gasteiger partial charge in [0.25, 0.3) is 0 Å². The van der Waals surface area contributed by atoms with Gasteiger partial charge in [-0.2, -0.15) is 0 Å². The Balaban J connectivity index is 2.70. The summed E-state index contributed by atoms with van der Waals surface area (Å²) in [4.78, 5) is 11.7. The number of nitrogens with one attached hydrogen (secondary N) is 2. The molecule has 0 fully saturated rings. The number of methoxy groups -OCH3 is 1. The number of rotatable bonds is 6. The van der Waals surface area contributed by atoms with E-state index in [0.29, 0.717) is 12.3 Å². The van der Waals surface area contributed by atoms with E-state index in [-0.39, 0.29) is 12.3 Å². The molecule has 5 nitrogen and oxygen atoms in total. The van der Waals surface area contributed by atoms with Gasteiger partial charge >= 0.3 is 6.03 Å². The number of anilines is 1. The van der Waals surface area contributed by atoms with Crippen LogP contribution >= 0.6 is 0 Å². The van der Waals surface area contributed by atoms with Crippen LogP contribution in [0.1, 0.15) is 20.3 Å². The number of aliphatic hydroxyl groups excluding tert-OH is 1. The first-order chi connectivity index (χ1) is 9.87. The zero-order chi connectivity index (χ0) is 16.0. The molecule has 118 valence electrons. The molecule has 0 saturated carbocycles. The van der Waals surface area contributed by atoms with Gasteiger partial charge in [0, 0.05) is 17.8 Å². The first-order valence-corrected chi connectivity index (χ1v) is 6.58. The van der Waals surface area contributed by atoms with Crippen molar-refractivity contribution in [3.05, 3.63) is 23.8 Å². The molecule has 0 aliphatic rings. The molecule has 0 heterocycles. The number of hydrogen-bond donors (Lipinski definition) is 3. The van der Waals surface area contributed by atoms with Gasteiger partial charge in [0.1, 0.15) is 0 Å². The summed E-state index contributed by atoms with van der Waals surface area (Å²) in [5, 5.41) is 14.0. The minimum atomic E-state index is -0.909. The molecule has 0 radical (unpaired) electrons. The van der Waals surface area contributed by atoms with Crippen LogP contribution in [-0.2, 0) is 0 Å². The monoisotopic (exact) mass is 302 g/mol. The van der Waals surface area contributed by atoms with Crippen molar-refractivity contribution in [1.82, 2.24) is 5.32 Å². The van der Waals surface area contributed by atoms with Gasteiger partial charge in [-0.3, -0.25) is 0 Å². The van der Waals surface area contributed by atoms with E-state index >= 15 is 0 Å². The molecule has 1 aromatic rings. The molecular weight excluding hydrogens is 282 g/mol. The Labute approximate surface area is 122 Å². The average molecular weight is 302 g/mol. The fourth-order valence-electron chi connectivity index (χ4n) is 1.93. The Hall–Kier alpha value is -1.89. The second-order valence-corrected chi connectivity index (χ2v) is 5.08. The molecule has 2 amide bonds. The van der Waals surface area contributed by atoms with Crippen molar-refractivity contribution in [2.24, 2.45) is 5.92 Å². The standard InChI is InChI=1S/C14H20F2N2O3/c1-8(2)4-10(7-19)18-14(20)17-9-5-11(15)13(21-3)12(16)6-9/h5-6,8,10,19H,4,7H2,1-3H3,(H2,17,18,20)/t10-/m0/s1. The van der Waals surface area contributed by atoms with Crippen LogP contribution in [0.2, 0.25) is 0 Å². The molecule has 0 aliphatic carbocycles. The fourth-order valence-corrected chi connectivity index (χ4v) is 1.93. The zero-order valence-corrected chi connectivity index (χ0v) is 12.2. The van der Waals surface area contributed by atoms with E-state index in [9.17, 15) is 13.6 Å². The number of hydrogen-bond acceptors (Lipinski definition) is 3. The summed E-state index contributed by atoms with van der Waals surface area (Å²) in [6.45, 7) is 3.70. The van der Waals surface area contributed by atoms with Gasteiger partial charge < -0.3 is 20.5 Å². The van der Waals surface area contributed by atoms with E-state index in [1.54, 1.807) is 0 Å². The van der Waals surface area contributed by atoms with E-state index in [1.807, 2.05) is 13.8 Å². The van der Waals surface area contributed by atoms with Crippen molar-refractivity contribution >= 4 is 11.7 Å². The zero-order valence-electron chi connectivity index (χ0n) is 12.2. The normalized spacial score (nSPS) is 12.1. The van der Waals surface area contributed by atoms with E-state index in [0.717, 1.165) is 19.2 Å². The van der Waals surface area contributed by atoms with Crippen LogP contribution in [0.3, 0.4) is 0 Å². The van der Waals surface area contributed by atoms with Gasteiger partial charge in [0.2, 0.25) is 0 Å². The lowest BCUT2D eigenvalue weighted by Crippen LogP contribution is -2.41. The summed E-state index contributed by atoms with van der Waals surface area (Å²) in [6, 6.07) is 0.854. The lowest BCUT2D eigenvalue weighted by atomic mass is 10.0. The molecule has 0 aromatic heterocycles. The Morgan fingerprint density at radius 1 is 1.33 bits per heavy atom. The van der Waals surface area contributed by atoms with E-state index in [4.69, 9.17) is 5.11 Å². The molecular formula is C14H20F2N2O3. The molecule has 0 aliphatic heterocycles. The lowest BCUT2D eigenvalue weighted by molar-refractivity contribution is 0.214. The summed E-state index contributed by atoms with van der Waals surface area (Å²) in [7, 11) is 1.15. The number of halogens is 2. The number of carbonyl (C=O) groups is 1. The van der Waals surface area contributed by atoms with Gasteiger partial charge in [0.15, 0.2) is 17.4 Å². The summed E-state index contributed by atoms with van der Waals surface area (Å²) in [5.74, 6) is -2.03. The van der Waals surface area contributed by atoms with Gasteiger partial charge in [-0.05, 0) is 12.3 Å². The second-order valence-electron chi connectivity index (χ2n) is 5.08. The van der Waals surface area contributed by atoms with Crippen LogP contribution in [0.25, 0.3) is 0 Å². The number of amides is 2. The second kappa shape index (κ2) is 7.78. The maximum Gasteiger partial charge on any atom is 0.319 e. The predicted octanol–water partition coefficient (Wildman–Crippen LogP) is 2.50. The van der Waals surface area contributed by atoms with Gasteiger partial charge in [-0.1, -0.05) is 13.8 Å². The number of ether oxygens (including phenoxy) is 1. The van der Waals surface area contributed by atoms with Crippen LogP contribution < -0.4 is 15.4 Å².